The molecule has 3 aromatic rings. The third-order valence-corrected chi connectivity index (χ3v) is 5.38. The molecule has 4 rings (SSSR count). The normalized spacial score (nSPS) is 15.9. The monoisotopic (exact) mass is 491 g/mol. The second kappa shape index (κ2) is 7.80. The summed E-state index contributed by atoms with van der Waals surface area (Å²) < 4.78 is 31.0. The number of hydrogen-bond acceptors (Lipinski definition) is 6. The van der Waals surface area contributed by atoms with Gasteiger partial charge in [0.25, 0.3) is 11.8 Å². The van der Waals surface area contributed by atoms with Crippen LogP contribution in [0.25, 0.3) is 11.5 Å². The topological polar surface area (TPSA) is 92.4 Å². The lowest BCUT2D eigenvalue weighted by molar-refractivity contribution is -0.130. The van der Waals surface area contributed by atoms with E-state index in [-0.39, 0.29) is 18.3 Å². The third kappa shape index (κ3) is 3.80. The van der Waals surface area contributed by atoms with Gasteiger partial charge in [-0.15, -0.1) is 10.2 Å². The van der Waals surface area contributed by atoms with E-state index < -0.39 is 23.9 Å². The summed E-state index contributed by atoms with van der Waals surface area (Å²) in [5, 5.41) is 6.84. The quantitative estimate of drug-likeness (QED) is 0.485. The zero-order valence-electron chi connectivity index (χ0n) is 16.4. The number of anilines is 1. The number of imide groups is 1. The molecule has 8 nitrogen and oxygen atoms in total. The number of carbonyl (C=O) groups excluding carboxylic acids is 2. The van der Waals surface area contributed by atoms with Crippen LogP contribution in [0.5, 0.6) is 0 Å². The Labute approximate surface area is 184 Å². The molecule has 0 bridgehead atoms. The summed E-state index contributed by atoms with van der Waals surface area (Å²) in [4.78, 5) is 32.8. The minimum Gasteiger partial charge on any atom is -0.415 e. The van der Waals surface area contributed by atoms with Gasteiger partial charge in [-0.25, -0.2) is 4.79 Å². The van der Waals surface area contributed by atoms with Crippen LogP contribution >= 0.6 is 15.9 Å². The first-order valence-corrected chi connectivity index (χ1v) is 9.96. The fraction of sp³-hybridized carbons (Fsp3) is 0.250. The zero-order chi connectivity index (χ0) is 22.3. The predicted octanol–water partition coefficient (Wildman–Crippen LogP) is 4.58. The standard InChI is InChI=1S/C20H16BrF2N5O3/c1-20(2)18(29)27(19(30)28(20)14-7-4-12(21)5-8-14)10-13-6-3-11(9-24-13)16-25-26-17(31-16)15(22)23/h3-9,15H,10H2,1-2H3. The van der Waals surface area contributed by atoms with E-state index in [4.69, 9.17) is 4.42 Å². The van der Waals surface area contributed by atoms with Gasteiger partial charge in [0.2, 0.25) is 5.89 Å². The molecule has 160 valence electrons. The molecule has 1 saturated heterocycles. The number of carbonyl (C=O) groups is 2. The summed E-state index contributed by atoms with van der Waals surface area (Å²) in [6.45, 7) is 3.32. The number of hydrogen-bond donors (Lipinski definition) is 0. The molecule has 1 aliphatic rings. The van der Waals surface area contributed by atoms with Crippen LogP contribution in [-0.2, 0) is 11.3 Å². The van der Waals surface area contributed by atoms with E-state index in [1.165, 1.54) is 11.1 Å². The first-order chi connectivity index (χ1) is 14.7. The minimum absolute atomic E-state index is 0.0411. The molecule has 0 saturated carbocycles. The van der Waals surface area contributed by atoms with Gasteiger partial charge in [-0.1, -0.05) is 15.9 Å². The number of nitrogens with zero attached hydrogens (tertiary/aromatic N) is 5. The van der Waals surface area contributed by atoms with Crippen molar-refractivity contribution < 1.29 is 22.8 Å². The molecule has 0 N–H and O–H groups in total. The van der Waals surface area contributed by atoms with Crippen molar-refractivity contribution in [3.8, 4) is 11.5 Å². The predicted molar refractivity (Wildman–Crippen MR) is 109 cm³/mol. The van der Waals surface area contributed by atoms with Gasteiger partial charge in [0.05, 0.1) is 17.8 Å². The molecule has 3 amide bonds. The van der Waals surface area contributed by atoms with Gasteiger partial charge in [-0.05, 0) is 50.2 Å². The summed E-state index contributed by atoms with van der Waals surface area (Å²) in [5.41, 5.74) is 0.315. The number of aromatic nitrogens is 3. The summed E-state index contributed by atoms with van der Waals surface area (Å²) >= 11 is 3.36. The van der Waals surface area contributed by atoms with E-state index in [1.54, 1.807) is 50.2 Å². The molecule has 3 heterocycles. The highest BCUT2D eigenvalue weighted by Gasteiger charge is 2.51. The van der Waals surface area contributed by atoms with E-state index in [0.29, 0.717) is 16.9 Å². The van der Waals surface area contributed by atoms with Crippen LogP contribution in [0.3, 0.4) is 0 Å². The van der Waals surface area contributed by atoms with Crippen LogP contribution < -0.4 is 4.90 Å². The van der Waals surface area contributed by atoms with E-state index in [9.17, 15) is 18.4 Å². The van der Waals surface area contributed by atoms with Crippen molar-refractivity contribution in [3.63, 3.8) is 0 Å². The Bertz CT molecular complexity index is 1130. The van der Waals surface area contributed by atoms with Crippen molar-refractivity contribution in [2.24, 2.45) is 0 Å². The van der Waals surface area contributed by atoms with Crippen LogP contribution in [0.2, 0.25) is 0 Å². The van der Waals surface area contributed by atoms with Crippen molar-refractivity contribution in [1.29, 1.82) is 0 Å². The number of benzene rings is 1. The first-order valence-electron chi connectivity index (χ1n) is 9.17. The number of rotatable bonds is 5. The van der Waals surface area contributed by atoms with Gasteiger partial charge in [0.1, 0.15) is 5.54 Å². The number of amides is 3. The number of pyridine rings is 1. The van der Waals surface area contributed by atoms with Crippen molar-refractivity contribution in [1.82, 2.24) is 20.1 Å². The molecule has 1 aliphatic heterocycles. The number of urea groups is 1. The summed E-state index contributed by atoms with van der Waals surface area (Å²) in [5.74, 6) is -1.22. The second-order valence-corrected chi connectivity index (χ2v) is 8.24. The van der Waals surface area contributed by atoms with Gasteiger partial charge < -0.3 is 4.42 Å². The molecule has 31 heavy (non-hydrogen) atoms. The zero-order valence-corrected chi connectivity index (χ0v) is 18.0. The fourth-order valence-corrected chi connectivity index (χ4v) is 3.55. The number of halogens is 3. The summed E-state index contributed by atoms with van der Waals surface area (Å²) in [7, 11) is 0. The minimum atomic E-state index is -2.86. The third-order valence-electron chi connectivity index (χ3n) is 4.85. The highest BCUT2D eigenvalue weighted by Crippen LogP contribution is 2.34. The van der Waals surface area contributed by atoms with Crippen LogP contribution in [0.4, 0.5) is 19.3 Å². The highest BCUT2D eigenvalue weighted by molar-refractivity contribution is 9.10. The van der Waals surface area contributed by atoms with Crippen LogP contribution in [-0.4, -0.2) is 37.6 Å². The molecule has 0 radical (unpaired) electrons. The molecule has 11 heteroatoms. The maximum absolute atomic E-state index is 13.1. The molecular weight excluding hydrogens is 476 g/mol. The summed E-state index contributed by atoms with van der Waals surface area (Å²) in [6.07, 6.45) is -1.50. The molecular formula is C20H16BrF2N5O3. The van der Waals surface area contributed by atoms with Crippen LogP contribution in [0.1, 0.15) is 31.9 Å². The van der Waals surface area contributed by atoms with Crippen LogP contribution in [0.15, 0.2) is 51.5 Å². The SMILES string of the molecule is CC1(C)C(=O)N(Cc2ccc(-c3nnc(C(F)F)o3)cn2)C(=O)N1c1ccc(Br)cc1. The van der Waals surface area contributed by atoms with E-state index >= 15 is 0 Å². The Kier molecular flexibility index (Phi) is 5.29. The second-order valence-electron chi connectivity index (χ2n) is 7.33. The molecule has 0 spiro atoms. The average Bonchev–Trinajstić information content (AvgIpc) is 3.29. The maximum Gasteiger partial charge on any atom is 0.332 e. The van der Waals surface area contributed by atoms with Gasteiger partial charge in [-0.2, -0.15) is 8.78 Å². The Morgan fingerprint density at radius 3 is 2.39 bits per heavy atom. The largest absolute Gasteiger partial charge is 0.415 e. The first kappa shape index (κ1) is 21.0. The number of alkyl halides is 2. The molecule has 0 unspecified atom stereocenters. The van der Waals surface area contributed by atoms with E-state index in [0.717, 1.165) is 9.37 Å². The Morgan fingerprint density at radius 2 is 1.81 bits per heavy atom. The average molecular weight is 492 g/mol. The van der Waals surface area contributed by atoms with Gasteiger partial charge >= 0.3 is 12.5 Å². The van der Waals surface area contributed by atoms with E-state index in [1.807, 2.05) is 0 Å². The lowest BCUT2D eigenvalue weighted by Crippen LogP contribution is -2.44. The van der Waals surface area contributed by atoms with Gasteiger partial charge in [-0.3, -0.25) is 19.6 Å². The molecule has 2 aromatic heterocycles. The fourth-order valence-electron chi connectivity index (χ4n) is 3.28. The molecule has 0 aliphatic carbocycles. The smallest absolute Gasteiger partial charge is 0.332 e. The van der Waals surface area contributed by atoms with Gasteiger partial charge in [0, 0.05) is 16.4 Å². The molecule has 1 fully saturated rings. The molecule has 0 atom stereocenters. The van der Waals surface area contributed by atoms with Crippen molar-refractivity contribution in [2.75, 3.05) is 4.90 Å². The Hall–Kier alpha value is -3.21. The maximum atomic E-state index is 13.1. The van der Waals surface area contributed by atoms with Crippen molar-refractivity contribution >= 4 is 33.6 Å². The lowest BCUT2D eigenvalue weighted by Gasteiger charge is -2.27. The Morgan fingerprint density at radius 1 is 1.10 bits per heavy atom. The van der Waals surface area contributed by atoms with Crippen molar-refractivity contribution in [3.05, 3.63) is 58.7 Å². The highest BCUT2D eigenvalue weighted by atomic mass is 79.9. The summed E-state index contributed by atoms with van der Waals surface area (Å²) in [6, 6.07) is 9.76. The van der Waals surface area contributed by atoms with Crippen LogP contribution in [0, 0.1) is 0 Å². The van der Waals surface area contributed by atoms with Crippen molar-refractivity contribution in [2.45, 2.75) is 32.4 Å². The van der Waals surface area contributed by atoms with Gasteiger partial charge in [0.15, 0.2) is 0 Å². The Balaban J connectivity index is 1.55. The van der Waals surface area contributed by atoms with E-state index in [2.05, 4.69) is 31.1 Å². The molecule has 1 aromatic carbocycles. The lowest BCUT2D eigenvalue weighted by atomic mass is 10.0.